The van der Waals surface area contributed by atoms with E-state index >= 15 is 0 Å². The highest BCUT2D eigenvalue weighted by molar-refractivity contribution is 6.18. The lowest BCUT2D eigenvalue weighted by Gasteiger charge is -2.15. The van der Waals surface area contributed by atoms with Crippen molar-refractivity contribution in [1.82, 2.24) is 14.5 Å². The first-order valence-corrected chi connectivity index (χ1v) is 6.62. The summed E-state index contributed by atoms with van der Waals surface area (Å²) in [6, 6.07) is 0. The van der Waals surface area contributed by atoms with Crippen molar-refractivity contribution in [3.8, 4) is 0 Å². The number of hydrogen-bond donors (Lipinski definition) is 3. The lowest BCUT2D eigenvalue weighted by Crippen LogP contribution is -3.00. The Balaban J connectivity index is 0.00000161. The molecule has 0 amide bonds. The summed E-state index contributed by atoms with van der Waals surface area (Å²) in [6.07, 6.45) is -0.553. The molecule has 0 aliphatic carbocycles. The van der Waals surface area contributed by atoms with Crippen LogP contribution in [0.15, 0.2) is 12.7 Å². The molecule has 0 unspecified atom stereocenters. The Bertz CT molecular complexity index is 654. The fourth-order valence-corrected chi connectivity index (χ4v) is 2.56. The number of alkyl halides is 1. The maximum atomic E-state index is 10.1. The van der Waals surface area contributed by atoms with Gasteiger partial charge in [-0.25, -0.2) is 9.55 Å². The maximum absolute atomic E-state index is 10.1. The van der Waals surface area contributed by atoms with Crippen LogP contribution in [0.2, 0.25) is 0 Å². The van der Waals surface area contributed by atoms with Gasteiger partial charge in [-0.1, -0.05) is 4.98 Å². The lowest BCUT2D eigenvalue weighted by molar-refractivity contribution is -0.658. The molecule has 0 radical (unpaired) electrons. The second kappa shape index (κ2) is 6.16. The van der Waals surface area contributed by atoms with E-state index in [2.05, 4.69) is 9.97 Å². The number of rotatable bonds is 2. The van der Waals surface area contributed by atoms with Crippen molar-refractivity contribution >= 4 is 28.6 Å². The number of nitrogens with two attached hydrogens (primary N) is 1. The molecule has 3 rings (SSSR count). The van der Waals surface area contributed by atoms with Crippen LogP contribution in [0.3, 0.4) is 0 Å². The molecular weight excluding hydrogens is 414 g/mol. The minimum Gasteiger partial charge on any atom is -1.00 e. The second-order valence-corrected chi connectivity index (χ2v) is 5.07. The number of nitrogen functional groups attached to an aromatic ring is 1. The Hall–Kier alpha value is -0.750. The monoisotopic (exact) mass is 428 g/mol. The van der Waals surface area contributed by atoms with Crippen molar-refractivity contribution < 1.29 is 43.5 Å². The van der Waals surface area contributed by atoms with E-state index in [1.165, 1.54) is 6.33 Å². The molecule has 4 atom stereocenters. The highest BCUT2D eigenvalue weighted by atomic mass is 127. The summed E-state index contributed by atoms with van der Waals surface area (Å²) >= 11 is 5.70. The highest BCUT2D eigenvalue weighted by Crippen LogP contribution is 2.32. The van der Waals surface area contributed by atoms with Crippen LogP contribution in [0, 0.1) is 0 Å². The maximum Gasteiger partial charge on any atom is 0.250 e. The van der Waals surface area contributed by atoms with E-state index in [0.717, 1.165) is 0 Å². The minimum atomic E-state index is -1.10. The molecule has 0 aromatic carbocycles. The van der Waals surface area contributed by atoms with Gasteiger partial charge in [-0.2, -0.15) is 0 Å². The molecule has 1 fully saturated rings. The summed E-state index contributed by atoms with van der Waals surface area (Å²) in [5.74, 6) is 0.544. The highest BCUT2D eigenvalue weighted by Gasteiger charge is 2.44. The molecule has 8 nitrogen and oxygen atoms in total. The number of fused-ring (bicyclic) bond motifs is 1. The van der Waals surface area contributed by atoms with Crippen molar-refractivity contribution in [2.24, 2.45) is 7.05 Å². The number of aliphatic hydroxyl groups is 2. The largest absolute Gasteiger partial charge is 1.00 e. The standard InChI is InChI=1S/C11H14ClN5O3.HI/c1-16-3-15-10-6(9(16)13)14-4-17(10)11-8(19)7(18)5(2-12)20-11;/h3-5,7-8,11,13,18-19H,2H2,1H3;1H/t5-,7-,8-,11-;/m1./s1/i2+1;. The van der Waals surface area contributed by atoms with E-state index in [1.54, 1.807) is 22.5 Å². The van der Waals surface area contributed by atoms with Crippen LogP contribution in [0.5, 0.6) is 0 Å². The molecular formula is C11H15ClIN5O3. The number of hydrogen-bond acceptors (Lipinski definition) is 6. The fraction of sp³-hybridized carbons (Fsp3) is 0.545. The average molecular weight is 429 g/mol. The quantitative estimate of drug-likeness (QED) is 0.193. The average Bonchev–Trinajstić information content (AvgIpc) is 2.98. The van der Waals surface area contributed by atoms with Gasteiger partial charge in [-0.15, -0.1) is 11.6 Å². The van der Waals surface area contributed by atoms with Crippen molar-refractivity contribution in [2.75, 3.05) is 11.6 Å². The molecule has 2 aromatic heterocycles. The summed E-state index contributed by atoms with van der Waals surface area (Å²) in [7, 11) is 1.76. The zero-order valence-electron chi connectivity index (χ0n) is 11.1. The van der Waals surface area contributed by atoms with Crippen LogP contribution in [0.4, 0.5) is 5.82 Å². The Morgan fingerprint density at radius 2 is 2.14 bits per heavy atom. The zero-order valence-corrected chi connectivity index (χ0v) is 14.0. The molecule has 116 valence electrons. The predicted molar refractivity (Wildman–Crippen MR) is 69.8 cm³/mol. The van der Waals surface area contributed by atoms with Crippen LogP contribution in [-0.4, -0.2) is 48.9 Å². The van der Waals surface area contributed by atoms with Gasteiger partial charge >= 0.3 is 0 Å². The third-order valence-electron chi connectivity index (χ3n) is 3.51. The van der Waals surface area contributed by atoms with Crippen LogP contribution >= 0.6 is 11.6 Å². The van der Waals surface area contributed by atoms with E-state index in [-0.39, 0.29) is 29.9 Å². The van der Waals surface area contributed by atoms with Crippen molar-refractivity contribution in [1.29, 1.82) is 0 Å². The normalized spacial score (nSPS) is 28.8. The van der Waals surface area contributed by atoms with Gasteiger partial charge in [-0.3, -0.25) is 4.57 Å². The van der Waals surface area contributed by atoms with Gasteiger partial charge < -0.3 is 44.7 Å². The zero-order chi connectivity index (χ0) is 14.4. The number of aryl methyl sites for hydroxylation is 1. The molecule has 1 aliphatic heterocycles. The second-order valence-electron chi connectivity index (χ2n) is 4.77. The van der Waals surface area contributed by atoms with Crippen molar-refractivity contribution in [3.63, 3.8) is 0 Å². The summed E-state index contributed by atoms with van der Waals surface area (Å²) in [5, 5.41) is 19.9. The van der Waals surface area contributed by atoms with E-state index in [4.69, 9.17) is 22.1 Å². The minimum absolute atomic E-state index is 0. The third kappa shape index (κ3) is 2.57. The molecule has 1 saturated heterocycles. The third-order valence-corrected chi connectivity index (χ3v) is 3.81. The summed E-state index contributed by atoms with van der Waals surface area (Å²) < 4.78 is 8.75. The van der Waals surface area contributed by atoms with Crippen LogP contribution in [0.25, 0.3) is 11.2 Å². The number of aromatic nitrogens is 4. The van der Waals surface area contributed by atoms with E-state index in [0.29, 0.717) is 17.0 Å². The SMILES string of the molecule is C[n+]1cnc2c(ncn2[C@@H]2O[C@H]([13CH2]Cl)[C@@H](O)[C@H]2O)c1N.[I-]. The van der Waals surface area contributed by atoms with Gasteiger partial charge in [0.15, 0.2) is 11.7 Å². The Morgan fingerprint density at radius 1 is 1.43 bits per heavy atom. The van der Waals surface area contributed by atoms with Gasteiger partial charge in [0.1, 0.15) is 24.6 Å². The summed E-state index contributed by atoms with van der Waals surface area (Å²) in [4.78, 5) is 8.42. The summed E-state index contributed by atoms with van der Waals surface area (Å²) in [6.45, 7) is 0. The number of nitrogens with zero attached hydrogens (tertiary/aromatic N) is 4. The topological polar surface area (TPSA) is 110 Å². The van der Waals surface area contributed by atoms with Gasteiger partial charge in [0.05, 0.1) is 12.9 Å². The number of halogens is 2. The first-order chi connectivity index (χ1) is 9.54. The van der Waals surface area contributed by atoms with Gasteiger partial charge in [0.25, 0.3) is 5.82 Å². The van der Waals surface area contributed by atoms with Crippen molar-refractivity contribution in [3.05, 3.63) is 12.7 Å². The Labute approximate surface area is 142 Å². The predicted octanol–water partition coefficient (Wildman–Crippen LogP) is -4.30. The molecule has 1 aliphatic rings. The van der Waals surface area contributed by atoms with Gasteiger partial charge in [-0.05, 0) is 0 Å². The van der Waals surface area contributed by atoms with E-state index in [9.17, 15) is 10.2 Å². The van der Waals surface area contributed by atoms with E-state index in [1.807, 2.05) is 0 Å². The smallest absolute Gasteiger partial charge is 0.250 e. The first kappa shape index (κ1) is 16.6. The Kier molecular flexibility index (Phi) is 4.88. The Morgan fingerprint density at radius 3 is 2.76 bits per heavy atom. The molecule has 0 bridgehead atoms. The van der Waals surface area contributed by atoms with E-state index < -0.39 is 24.5 Å². The van der Waals surface area contributed by atoms with Crippen molar-refractivity contribution in [2.45, 2.75) is 24.5 Å². The van der Waals surface area contributed by atoms with Crippen LogP contribution < -0.4 is 34.3 Å². The van der Waals surface area contributed by atoms with Crippen LogP contribution in [-0.2, 0) is 11.8 Å². The molecule has 10 heteroatoms. The molecule has 0 saturated carbocycles. The number of imidazole rings is 1. The summed E-state index contributed by atoms with van der Waals surface area (Å²) in [5.41, 5.74) is 6.91. The van der Waals surface area contributed by atoms with Crippen LogP contribution in [0.1, 0.15) is 6.23 Å². The van der Waals surface area contributed by atoms with Gasteiger partial charge in [0.2, 0.25) is 12.0 Å². The molecule has 2 aromatic rings. The molecule has 4 N–H and O–H groups in total. The first-order valence-electron chi connectivity index (χ1n) is 6.08. The number of anilines is 1. The molecule has 0 spiro atoms. The number of ether oxygens (including phenoxy) is 1. The number of aliphatic hydroxyl groups excluding tert-OH is 2. The van der Waals surface area contributed by atoms with Gasteiger partial charge in [0, 0.05) is 0 Å². The molecule has 21 heavy (non-hydrogen) atoms. The fourth-order valence-electron chi connectivity index (χ4n) is 2.31. The molecule has 3 heterocycles. The lowest BCUT2D eigenvalue weighted by atomic mass is 10.2.